The molecule has 0 amide bonds. The summed E-state index contributed by atoms with van der Waals surface area (Å²) in [5.41, 5.74) is 0. The maximum absolute atomic E-state index is 10.9. The van der Waals surface area contributed by atoms with Crippen LogP contribution < -0.4 is 0 Å². The van der Waals surface area contributed by atoms with Gasteiger partial charge in [-0.3, -0.25) is 9.69 Å². The average molecular weight is 281 g/mol. The van der Waals surface area contributed by atoms with Crippen molar-refractivity contribution in [1.29, 1.82) is 0 Å². The fraction of sp³-hybridized carbons (Fsp3) is 0.786. The predicted molar refractivity (Wildman–Crippen MR) is 73.1 cm³/mol. The molecule has 1 unspecified atom stereocenters. The molecule has 0 aromatic carbocycles. The van der Waals surface area contributed by atoms with Gasteiger partial charge < -0.3 is 9.63 Å². The number of piperidine rings is 1. The van der Waals surface area contributed by atoms with E-state index in [0.29, 0.717) is 24.2 Å². The highest BCUT2D eigenvalue weighted by molar-refractivity contribution is 5.67. The van der Waals surface area contributed by atoms with Gasteiger partial charge in [0.2, 0.25) is 5.89 Å². The van der Waals surface area contributed by atoms with E-state index in [1.807, 2.05) is 0 Å². The van der Waals surface area contributed by atoms with Crippen LogP contribution in [0.1, 0.15) is 51.2 Å². The maximum Gasteiger partial charge on any atom is 0.304 e. The van der Waals surface area contributed by atoms with Crippen molar-refractivity contribution in [2.75, 3.05) is 6.54 Å². The van der Waals surface area contributed by atoms with E-state index in [2.05, 4.69) is 28.9 Å². The number of carbonyl (C=O) groups is 1. The molecule has 1 N–H and O–H groups in total. The van der Waals surface area contributed by atoms with Crippen LogP contribution in [-0.4, -0.2) is 38.7 Å². The SMILES string of the molecule is CC(C)Cc1nc(CN2CCCCC2CC(=O)O)no1. The van der Waals surface area contributed by atoms with E-state index in [1.165, 1.54) is 0 Å². The Kier molecular flexibility index (Phi) is 5.11. The molecule has 0 spiro atoms. The largest absolute Gasteiger partial charge is 0.481 e. The van der Waals surface area contributed by atoms with Gasteiger partial charge in [-0.2, -0.15) is 4.98 Å². The summed E-state index contributed by atoms with van der Waals surface area (Å²) >= 11 is 0. The fourth-order valence-corrected chi connectivity index (χ4v) is 2.67. The summed E-state index contributed by atoms with van der Waals surface area (Å²) in [4.78, 5) is 17.5. The highest BCUT2D eigenvalue weighted by atomic mass is 16.5. The maximum atomic E-state index is 10.9. The zero-order valence-corrected chi connectivity index (χ0v) is 12.2. The highest BCUT2D eigenvalue weighted by Gasteiger charge is 2.26. The van der Waals surface area contributed by atoms with Gasteiger partial charge in [0.1, 0.15) is 0 Å². The number of aliphatic carboxylic acids is 1. The second-order valence-corrected chi connectivity index (χ2v) is 5.92. The lowest BCUT2D eigenvalue weighted by atomic mass is 9.99. The molecule has 2 heterocycles. The summed E-state index contributed by atoms with van der Waals surface area (Å²) in [7, 11) is 0. The summed E-state index contributed by atoms with van der Waals surface area (Å²) in [6.45, 7) is 5.71. The quantitative estimate of drug-likeness (QED) is 0.860. The molecule has 0 saturated carbocycles. The van der Waals surface area contributed by atoms with Gasteiger partial charge in [0.15, 0.2) is 5.82 Å². The van der Waals surface area contributed by atoms with Gasteiger partial charge >= 0.3 is 5.97 Å². The van der Waals surface area contributed by atoms with Crippen LogP contribution in [0.15, 0.2) is 4.52 Å². The number of likely N-dealkylation sites (tertiary alicyclic amines) is 1. The first-order valence-corrected chi connectivity index (χ1v) is 7.32. The number of hydrogen-bond donors (Lipinski definition) is 1. The van der Waals surface area contributed by atoms with Crippen molar-refractivity contribution in [2.45, 2.75) is 58.5 Å². The molecule has 1 aromatic heterocycles. The zero-order chi connectivity index (χ0) is 14.5. The molecule has 0 radical (unpaired) electrons. The number of carboxylic acid groups (broad SMARTS) is 1. The van der Waals surface area contributed by atoms with E-state index in [0.717, 1.165) is 32.2 Å². The molecule has 1 aliphatic rings. The van der Waals surface area contributed by atoms with Gasteiger partial charge in [0.05, 0.1) is 13.0 Å². The van der Waals surface area contributed by atoms with E-state index in [9.17, 15) is 4.79 Å². The normalized spacial score (nSPS) is 20.4. The smallest absolute Gasteiger partial charge is 0.304 e. The molecular formula is C14H23N3O3. The number of carboxylic acids is 1. The Bertz CT molecular complexity index is 445. The summed E-state index contributed by atoms with van der Waals surface area (Å²) in [5, 5.41) is 13.0. The lowest BCUT2D eigenvalue weighted by Crippen LogP contribution is -2.40. The second-order valence-electron chi connectivity index (χ2n) is 5.92. The third-order valence-corrected chi connectivity index (χ3v) is 3.60. The first-order valence-electron chi connectivity index (χ1n) is 7.32. The van der Waals surface area contributed by atoms with Crippen LogP contribution in [0.2, 0.25) is 0 Å². The van der Waals surface area contributed by atoms with Crippen molar-refractivity contribution in [3.05, 3.63) is 11.7 Å². The summed E-state index contributed by atoms with van der Waals surface area (Å²) < 4.78 is 5.23. The minimum Gasteiger partial charge on any atom is -0.481 e. The predicted octanol–water partition coefficient (Wildman–Crippen LogP) is 2.10. The topological polar surface area (TPSA) is 79.5 Å². The van der Waals surface area contributed by atoms with Gasteiger partial charge in [-0.15, -0.1) is 0 Å². The Morgan fingerprint density at radius 1 is 1.50 bits per heavy atom. The van der Waals surface area contributed by atoms with Crippen LogP contribution in [0.25, 0.3) is 0 Å². The van der Waals surface area contributed by atoms with Crippen molar-refractivity contribution in [1.82, 2.24) is 15.0 Å². The van der Waals surface area contributed by atoms with Crippen molar-refractivity contribution in [3.8, 4) is 0 Å². The summed E-state index contributed by atoms with van der Waals surface area (Å²) in [6.07, 6.45) is 4.11. The molecule has 0 bridgehead atoms. The molecule has 20 heavy (non-hydrogen) atoms. The molecule has 1 aromatic rings. The minimum absolute atomic E-state index is 0.0910. The highest BCUT2D eigenvalue weighted by Crippen LogP contribution is 2.21. The molecule has 2 rings (SSSR count). The Labute approximate surface area is 119 Å². The molecule has 1 fully saturated rings. The average Bonchev–Trinajstić information content (AvgIpc) is 2.77. The number of rotatable bonds is 6. The van der Waals surface area contributed by atoms with Crippen LogP contribution in [0, 0.1) is 5.92 Å². The molecule has 1 saturated heterocycles. The van der Waals surface area contributed by atoms with Crippen LogP contribution in [-0.2, 0) is 17.8 Å². The first kappa shape index (κ1) is 15.0. The van der Waals surface area contributed by atoms with Crippen LogP contribution >= 0.6 is 0 Å². The molecular weight excluding hydrogens is 258 g/mol. The number of aromatic nitrogens is 2. The molecule has 6 nitrogen and oxygen atoms in total. The standard InChI is InChI=1S/C14H23N3O3/c1-10(2)7-13-15-12(16-20-13)9-17-6-4-3-5-11(17)8-14(18)19/h10-11H,3-9H2,1-2H3,(H,18,19). The van der Waals surface area contributed by atoms with Crippen molar-refractivity contribution < 1.29 is 14.4 Å². The lowest BCUT2D eigenvalue weighted by molar-refractivity contribution is -0.138. The molecule has 6 heteroatoms. The van der Waals surface area contributed by atoms with Crippen molar-refractivity contribution in [3.63, 3.8) is 0 Å². The monoisotopic (exact) mass is 281 g/mol. The van der Waals surface area contributed by atoms with Gasteiger partial charge in [0.25, 0.3) is 0 Å². The van der Waals surface area contributed by atoms with Gasteiger partial charge in [-0.05, 0) is 25.3 Å². The third-order valence-electron chi connectivity index (χ3n) is 3.60. The Hall–Kier alpha value is -1.43. The van der Waals surface area contributed by atoms with Crippen molar-refractivity contribution >= 4 is 5.97 Å². The van der Waals surface area contributed by atoms with E-state index in [-0.39, 0.29) is 12.5 Å². The molecule has 1 aliphatic heterocycles. The Morgan fingerprint density at radius 3 is 3.00 bits per heavy atom. The third kappa shape index (κ3) is 4.30. The first-order chi connectivity index (χ1) is 9.54. The molecule has 112 valence electrons. The van der Waals surface area contributed by atoms with Crippen LogP contribution in [0.4, 0.5) is 0 Å². The van der Waals surface area contributed by atoms with Gasteiger partial charge in [-0.1, -0.05) is 25.4 Å². The van der Waals surface area contributed by atoms with E-state index >= 15 is 0 Å². The minimum atomic E-state index is -0.740. The van der Waals surface area contributed by atoms with E-state index in [4.69, 9.17) is 9.63 Å². The van der Waals surface area contributed by atoms with E-state index in [1.54, 1.807) is 0 Å². The van der Waals surface area contributed by atoms with Crippen molar-refractivity contribution in [2.24, 2.45) is 5.92 Å². The zero-order valence-electron chi connectivity index (χ0n) is 12.2. The summed E-state index contributed by atoms with van der Waals surface area (Å²) in [6, 6.07) is 0.0910. The number of nitrogens with zero attached hydrogens (tertiary/aromatic N) is 3. The van der Waals surface area contributed by atoms with E-state index < -0.39 is 5.97 Å². The van der Waals surface area contributed by atoms with Crippen LogP contribution in [0.3, 0.4) is 0 Å². The Morgan fingerprint density at radius 2 is 2.30 bits per heavy atom. The van der Waals surface area contributed by atoms with Crippen LogP contribution in [0.5, 0.6) is 0 Å². The Balaban J connectivity index is 1.95. The number of hydrogen-bond acceptors (Lipinski definition) is 5. The second kappa shape index (κ2) is 6.83. The fourth-order valence-electron chi connectivity index (χ4n) is 2.67. The van der Waals surface area contributed by atoms with Gasteiger partial charge in [-0.25, -0.2) is 0 Å². The molecule has 1 atom stereocenters. The molecule has 0 aliphatic carbocycles. The van der Waals surface area contributed by atoms with Gasteiger partial charge in [0, 0.05) is 12.5 Å². The lowest BCUT2D eigenvalue weighted by Gasteiger charge is -2.33. The summed E-state index contributed by atoms with van der Waals surface area (Å²) in [5.74, 6) is 1.08.